The number of rotatable bonds is 3. The van der Waals surface area contributed by atoms with Crippen molar-refractivity contribution in [1.82, 2.24) is 10.3 Å². The zero-order chi connectivity index (χ0) is 20.9. The lowest BCUT2D eigenvalue weighted by molar-refractivity contribution is -0.137. The predicted molar refractivity (Wildman–Crippen MR) is 101 cm³/mol. The normalized spacial score (nSPS) is 15.8. The van der Waals surface area contributed by atoms with E-state index in [1.54, 1.807) is 6.07 Å². The smallest absolute Gasteiger partial charge is 0.381 e. The third kappa shape index (κ3) is 5.92. The molecule has 0 saturated carbocycles. The second-order valence-corrected chi connectivity index (χ2v) is 6.40. The van der Waals surface area contributed by atoms with Crippen LogP contribution in [0, 0.1) is 0 Å². The van der Waals surface area contributed by atoms with Crippen LogP contribution in [-0.2, 0) is 10.9 Å². The lowest BCUT2D eigenvalue weighted by Gasteiger charge is -2.20. The molecular weight excluding hydrogens is 389 g/mol. The highest BCUT2D eigenvalue weighted by Crippen LogP contribution is 2.29. The average molecular weight is 408 g/mol. The van der Waals surface area contributed by atoms with Crippen LogP contribution in [0.15, 0.2) is 52.3 Å². The number of pyridine rings is 1. The number of guanidine groups is 1. The molecule has 0 radical (unpaired) electrons. The average Bonchev–Trinajstić information content (AvgIpc) is 2.68. The summed E-state index contributed by atoms with van der Waals surface area (Å²) in [6, 6.07) is 8.22. The van der Waals surface area contributed by atoms with E-state index >= 15 is 0 Å². The summed E-state index contributed by atoms with van der Waals surface area (Å²) in [5.41, 5.74) is -1.14. The number of carbonyl (C=O) groups excluding carboxylic acids is 1. The Kier molecular flexibility index (Phi) is 6.32. The van der Waals surface area contributed by atoms with Crippen LogP contribution in [0.5, 0.6) is 0 Å². The van der Waals surface area contributed by atoms with Gasteiger partial charge in [-0.15, -0.1) is 0 Å². The van der Waals surface area contributed by atoms with E-state index in [0.717, 1.165) is 24.3 Å². The highest BCUT2D eigenvalue weighted by Gasteiger charge is 2.30. The van der Waals surface area contributed by atoms with Crippen molar-refractivity contribution in [2.75, 3.05) is 18.5 Å². The molecule has 1 aromatic heterocycles. The van der Waals surface area contributed by atoms with Crippen LogP contribution in [0.2, 0.25) is 0 Å². The van der Waals surface area contributed by atoms with Gasteiger partial charge in [0.2, 0.25) is 11.5 Å². The Balaban J connectivity index is 1.78. The van der Waals surface area contributed by atoms with Gasteiger partial charge in [0.1, 0.15) is 5.82 Å². The fourth-order valence-electron chi connectivity index (χ4n) is 2.73. The van der Waals surface area contributed by atoms with Gasteiger partial charge in [0.05, 0.1) is 11.6 Å². The molecule has 1 aromatic carbocycles. The second kappa shape index (κ2) is 8.91. The number of nitrogens with zero attached hydrogens (tertiary/aromatic N) is 1. The minimum atomic E-state index is -4.48. The van der Waals surface area contributed by atoms with Crippen molar-refractivity contribution in [3.05, 3.63) is 63.9 Å². The number of aliphatic imine (C=N–C) groups is 1. The second-order valence-electron chi connectivity index (χ2n) is 6.40. The molecule has 0 atom stereocenters. The molecule has 1 amide bonds. The first kappa shape index (κ1) is 20.6. The molecular formula is C19H19F3N4O3. The SMILES string of the molecule is O=C(NC(=NC1CCOCC1)Nc1cccc(=O)[nH]1)c1ccc(C(F)(F)F)cc1. The van der Waals surface area contributed by atoms with Crippen LogP contribution in [0.1, 0.15) is 28.8 Å². The predicted octanol–water partition coefficient (Wildman–Crippen LogP) is 2.77. The van der Waals surface area contributed by atoms with Gasteiger partial charge in [-0.25, -0.2) is 4.99 Å². The minimum absolute atomic E-state index is 0.0426. The monoisotopic (exact) mass is 408 g/mol. The van der Waals surface area contributed by atoms with E-state index in [-0.39, 0.29) is 23.1 Å². The Bertz CT molecular complexity index is 933. The summed E-state index contributed by atoms with van der Waals surface area (Å²) in [7, 11) is 0. The molecule has 1 fully saturated rings. The van der Waals surface area contributed by atoms with Crippen molar-refractivity contribution in [2.24, 2.45) is 4.99 Å². The molecule has 1 aliphatic rings. The lowest BCUT2D eigenvalue weighted by Crippen LogP contribution is -2.38. The molecule has 2 aromatic rings. The van der Waals surface area contributed by atoms with Crippen LogP contribution in [-0.4, -0.2) is 36.1 Å². The fourth-order valence-corrected chi connectivity index (χ4v) is 2.73. The molecule has 10 heteroatoms. The molecule has 0 unspecified atom stereocenters. The number of anilines is 1. The summed E-state index contributed by atoms with van der Waals surface area (Å²) in [6.45, 7) is 1.08. The molecule has 0 bridgehead atoms. The number of hydrogen-bond acceptors (Lipinski definition) is 4. The number of carbonyl (C=O) groups is 1. The summed E-state index contributed by atoms with van der Waals surface area (Å²) in [4.78, 5) is 31.0. The number of amides is 1. The molecule has 1 saturated heterocycles. The topological polar surface area (TPSA) is 95.6 Å². The number of nitrogens with one attached hydrogen (secondary N) is 3. The Morgan fingerprint density at radius 1 is 1.10 bits per heavy atom. The van der Waals surface area contributed by atoms with Crippen LogP contribution in [0.4, 0.5) is 19.0 Å². The van der Waals surface area contributed by atoms with Gasteiger partial charge in [-0.1, -0.05) is 6.07 Å². The van der Waals surface area contributed by atoms with E-state index in [1.807, 2.05) is 0 Å². The van der Waals surface area contributed by atoms with Crippen molar-refractivity contribution in [2.45, 2.75) is 25.1 Å². The number of aromatic amines is 1. The van der Waals surface area contributed by atoms with Gasteiger partial charge in [-0.05, 0) is 43.2 Å². The number of alkyl halides is 3. The van der Waals surface area contributed by atoms with Gasteiger partial charge < -0.3 is 15.0 Å². The molecule has 0 aliphatic carbocycles. The van der Waals surface area contributed by atoms with Gasteiger partial charge in [0.25, 0.3) is 5.91 Å². The third-order valence-corrected chi connectivity index (χ3v) is 4.23. The standard InChI is InChI=1S/C19H19F3N4O3/c20-19(21,22)13-6-4-12(5-7-13)17(28)26-18(23-14-8-10-29-11-9-14)25-15-2-1-3-16(27)24-15/h1-7,14H,8-11H2,(H3,23,24,25,26,27,28). The van der Waals surface area contributed by atoms with E-state index in [0.29, 0.717) is 31.9 Å². The number of benzene rings is 1. The molecule has 29 heavy (non-hydrogen) atoms. The highest BCUT2D eigenvalue weighted by atomic mass is 19.4. The minimum Gasteiger partial charge on any atom is -0.381 e. The Morgan fingerprint density at radius 2 is 1.79 bits per heavy atom. The first-order valence-corrected chi connectivity index (χ1v) is 8.92. The maximum atomic E-state index is 12.7. The van der Waals surface area contributed by atoms with Crippen molar-refractivity contribution in [3.8, 4) is 0 Å². The van der Waals surface area contributed by atoms with Crippen molar-refractivity contribution in [3.63, 3.8) is 0 Å². The highest BCUT2D eigenvalue weighted by molar-refractivity contribution is 6.09. The molecule has 3 N–H and O–H groups in total. The zero-order valence-corrected chi connectivity index (χ0v) is 15.3. The number of H-pyrrole nitrogens is 1. The van der Waals surface area contributed by atoms with E-state index in [9.17, 15) is 22.8 Å². The number of halogens is 3. The zero-order valence-electron chi connectivity index (χ0n) is 15.3. The van der Waals surface area contributed by atoms with Gasteiger partial charge in [0.15, 0.2) is 0 Å². The van der Waals surface area contributed by atoms with Gasteiger partial charge in [0, 0.05) is 24.8 Å². The van der Waals surface area contributed by atoms with E-state index in [4.69, 9.17) is 4.74 Å². The first-order chi connectivity index (χ1) is 13.8. The summed E-state index contributed by atoms with van der Waals surface area (Å²) in [5, 5.41) is 5.41. The van der Waals surface area contributed by atoms with Crippen LogP contribution in [0.3, 0.4) is 0 Å². The van der Waals surface area contributed by atoms with Gasteiger partial charge in [-0.2, -0.15) is 13.2 Å². The first-order valence-electron chi connectivity index (χ1n) is 8.92. The summed E-state index contributed by atoms with van der Waals surface area (Å²) < 4.78 is 43.4. The quantitative estimate of drug-likeness (QED) is 0.538. The Labute approximate surface area is 164 Å². The lowest BCUT2D eigenvalue weighted by atomic mass is 10.1. The molecule has 1 aliphatic heterocycles. The summed E-state index contributed by atoms with van der Waals surface area (Å²) in [5.74, 6) is -0.227. The van der Waals surface area contributed by atoms with Crippen LogP contribution >= 0.6 is 0 Å². The van der Waals surface area contributed by atoms with E-state index in [2.05, 4.69) is 20.6 Å². The summed E-state index contributed by atoms with van der Waals surface area (Å²) in [6.07, 6.45) is -3.16. The van der Waals surface area contributed by atoms with Crippen molar-refractivity contribution in [1.29, 1.82) is 0 Å². The van der Waals surface area contributed by atoms with Gasteiger partial charge >= 0.3 is 6.18 Å². The van der Waals surface area contributed by atoms with E-state index in [1.165, 1.54) is 12.1 Å². The molecule has 7 nitrogen and oxygen atoms in total. The third-order valence-electron chi connectivity index (χ3n) is 4.23. The Morgan fingerprint density at radius 3 is 2.41 bits per heavy atom. The van der Waals surface area contributed by atoms with Crippen molar-refractivity contribution < 1.29 is 22.7 Å². The van der Waals surface area contributed by atoms with E-state index < -0.39 is 17.6 Å². The maximum absolute atomic E-state index is 12.7. The maximum Gasteiger partial charge on any atom is 0.416 e. The fraction of sp³-hybridized carbons (Fsp3) is 0.316. The van der Waals surface area contributed by atoms with Crippen LogP contribution < -0.4 is 16.2 Å². The largest absolute Gasteiger partial charge is 0.416 e. The van der Waals surface area contributed by atoms with Gasteiger partial charge in [-0.3, -0.25) is 14.9 Å². The molecule has 2 heterocycles. The molecule has 3 rings (SSSR count). The number of hydrogen-bond donors (Lipinski definition) is 3. The number of ether oxygens (including phenoxy) is 1. The summed E-state index contributed by atoms with van der Waals surface area (Å²) >= 11 is 0. The molecule has 0 spiro atoms. The van der Waals surface area contributed by atoms with Crippen LogP contribution in [0.25, 0.3) is 0 Å². The Hall–Kier alpha value is -3.14. The van der Waals surface area contributed by atoms with Crippen molar-refractivity contribution >= 4 is 17.7 Å². The number of aromatic nitrogens is 1. The molecule has 154 valence electrons.